The van der Waals surface area contributed by atoms with Gasteiger partial charge < -0.3 is 25.7 Å². The molecule has 0 saturated carbocycles. The number of pyridine rings is 1. The van der Waals surface area contributed by atoms with Gasteiger partial charge in [0, 0.05) is 15.6 Å². The van der Waals surface area contributed by atoms with Crippen LogP contribution in [0.5, 0.6) is 5.75 Å². The Kier molecular flexibility index (Phi) is 5.53. The number of nitrogens with one attached hydrogen (secondary N) is 1. The molecule has 8 nitrogen and oxygen atoms in total. The first-order valence-corrected chi connectivity index (χ1v) is 8.42. The van der Waals surface area contributed by atoms with Gasteiger partial charge in [-0.15, -0.1) is 0 Å². The Morgan fingerprint density at radius 3 is 2.32 bits per heavy atom. The first-order chi connectivity index (χ1) is 11.7. The van der Waals surface area contributed by atoms with E-state index in [9.17, 15) is 24.6 Å². The summed E-state index contributed by atoms with van der Waals surface area (Å²) in [4.78, 5) is 37.5. The fraction of sp³-hybridized carbons (Fsp3) is 0.133. The highest BCUT2D eigenvalue weighted by Gasteiger charge is 2.29. The fourth-order valence-electron chi connectivity index (χ4n) is 2.35. The molecule has 5 N–H and O–H groups in total. The number of ether oxygens (including phenoxy) is 1. The van der Waals surface area contributed by atoms with Crippen molar-refractivity contribution >= 4 is 49.6 Å². The number of nitrogens with two attached hydrogens (primary N) is 1. The molecule has 0 spiro atoms. The molecule has 25 heavy (non-hydrogen) atoms. The molecular weight excluding hydrogens is 464 g/mol. The molecule has 132 valence electrons. The quantitative estimate of drug-likeness (QED) is 0.520. The van der Waals surface area contributed by atoms with E-state index in [0.717, 1.165) is 0 Å². The minimum atomic E-state index is -1.59. The van der Waals surface area contributed by atoms with Crippen molar-refractivity contribution in [3.63, 3.8) is 0 Å². The highest BCUT2D eigenvalue weighted by atomic mass is 79.9. The average Bonchev–Trinajstić information content (AvgIpc) is 2.47. The van der Waals surface area contributed by atoms with Crippen molar-refractivity contribution < 1.29 is 24.5 Å². The zero-order valence-electron chi connectivity index (χ0n) is 12.7. The van der Waals surface area contributed by atoms with Gasteiger partial charge in [0.15, 0.2) is 0 Å². The Hall–Kier alpha value is -2.33. The second-order valence-electron chi connectivity index (χ2n) is 4.80. The molecule has 0 bridgehead atoms. The van der Waals surface area contributed by atoms with E-state index in [1.807, 2.05) is 0 Å². The molecule has 0 aliphatic carbocycles. The summed E-state index contributed by atoms with van der Waals surface area (Å²) in [5.74, 6) is -3.32. The maximum Gasteiger partial charge on any atom is 0.342 e. The summed E-state index contributed by atoms with van der Waals surface area (Å²) in [6.07, 6.45) is 0. The highest BCUT2D eigenvalue weighted by Crippen LogP contribution is 2.42. The Morgan fingerprint density at radius 1 is 1.20 bits per heavy atom. The number of halogens is 2. The Bertz CT molecular complexity index is 939. The predicted octanol–water partition coefficient (Wildman–Crippen LogP) is 2.94. The number of aromatic amines is 1. The molecule has 0 radical (unpaired) electrons. The molecule has 0 saturated heterocycles. The summed E-state index contributed by atoms with van der Waals surface area (Å²) >= 11 is 6.55. The van der Waals surface area contributed by atoms with Crippen molar-refractivity contribution in [2.45, 2.75) is 6.92 Å². The van der Waals surface area contributed by atoms with E-state index in [-0.39, 0.29) is 23.5 Å². The molecule has 0 aliphatic rings. The lowest BCUT2D eigenvalue weighted by Crippen LogP contribution is -2.24. The smallest absolute Gasteiger partial charge is 0.342 e. The minimum absolute atomic E-state index is 0.107. The van der Waals surface area contributed by atoms with Crippen molar-refractivity contribution in [2.75, 3.05) is 12.3 Å². The number of anilines is 1. The van der Waals surface area contributed by atoms with Crippen LogP contribution in [-0.2, 0) is 0 Å². The van der Waals surface area contributed by atoms with E-state index < -0.39 is 34.4 Å². The van der Waals surface area contributed by atoms with E-state index in [1.165, 1.54) is 6.07 Å². The Labute approximate surface area is 157 Å². The number of carboxylic acid groups (broad SMARTS) is 2. The number of hydrogen-bond donors (Lipinski definition) is 4. The van der Waals surface area contributed by atoms with Gasteiger partial charge in [0.25, 0.3) is 5.56 Å². The van der Waals surface area contributed by atoms with Gasteiger partial charge in [-0.05, 0) is 35.0 Å². The largest absolute Gasteiger partial charge is 0.492 e. The van der Waals surface area contributed by atoms with Gasteiger partial charge in [-0.1, -0.05) is 15.9 Å². The Morgan fingerprint density at radius 2 is 1.80 bits per heavy atom. The van der Waals surface area contributed by atoms with Crippen LogP contribution < -0.4 is 16.0 Å². The normalized spacial score (nSPS) is 10.5. The summed E-state index contributed by atoms with van der Waals surface area (Å²) in [7, 11) is 0. The molecule has 1 aromatic carbocycles. The number of rotatable bonds is 5. The predicted molar refractivity (Wildman–Crippen MR) is 97.4 cm³/mol. The van der Waals surface area contributed by atoms with Gasteiger partial charge in [0.2, 0.25) is 0 Å². The molecule has 0 unspecified atom stereocenters. The second-order valence-corrected chi connectivity index (χ2v) is 6.57. The number of benzene rings is 1. The molecule has 1 aromatic heterocycles. The van der Waals surface area contributed by atoms with Crippen LogP contribution in [0.1, 0.15) is 27.6 Å². The van der Waals surface area contributed by atoms with Crippen LogP contribution in [0.25, 0.3) is 11.1 Å². The molecule has 0 aliphatic heterocycles. The van der Waals surface area contributed by atoms with E-state index in [2.05, 4.69) is 36.8 Å². The maximum absolute atomic E-state index is 12.1. The average molecular weight is 476 g/mol. The third-order valence-electron chi connectivity index (χ3n) is 3.24. The Balaban J connectivity index is 3.08. The third-order valence-corrected chi connectivity index (χ3v) is 4.29. The first-order valence-electron chi connectivity index (χ1n) is 6.83. The van der Waals surface area contributed by atoms with Crippen LogP contribution in [0.2, 0.25) is 0 Å². The minimum Gasteiger partial charge on any atom is -0.492 e. The van der Waals surface area contributed by atoms with Gasteiger partial charge in [-0.25, -0.2) is 9.59 Å². The van der Waals surface area contributed by atoms with E-state index in [1.54, 1.807) is 13.0 Å². The molecule has 0 atom stereocenters. The van der Waals surface area contributed by atoms with Crippen molar-refractivity contribution in [3.8, 4) is 16.9 Å². The van der Waals surface area contributed by atoms with Crippen molar-refractivity contribution in [1.82, 2.24) is 4.98 Å². The lowest BCUT2D eigenvalue weighted by atomic mass is 9.94. The van der Waals surface area contributed by atoms with Crippen LogP contribution in [0, 0.1) is 0 Å². The summed E-state index contributed by atoms with van der Waals surface area (Å²) in [5.41, 5.74) is 3.14. The molecule has 2 aromatic rings. The number of carbonyl (C=O) groups is 2. The van der Waals surface area contributed by atoms with Gasteiger partial charge in [-0.3, -0.25) is 4.79 Å². The van der Waals surface area contributed by atoms with E-state index in [4.69, 9.17) is 10.5 Å². The zero-order chi connectivity index (χ0) is 18.9. The highest BCUT2D eigenvalue weighted by molar-refractivity contribution is 9.11. The standard InChI is InChI=1S/C15H12Br2N2O6/c1-2-25-11-6(3-5(16)4-7(11)17)8-9(14(21)22)12(18)19-13(20)10(8)15(23)24/h3-4H,2H2,1H3,(H,21,22)(H,23,24)(H3,18,19,20). The number of carboxylic acids is 2. The third kappa shape index (κ3) is 3.54. The summed E-state index contributed by atoms with van der Waals surface area (Å²) in [6, 6.07) is 3.11. The lowest BCUT2D eigenvalue weighted by molar-refractivity contribution is 0.0695. The molecular formula is C15H12Br2N2O6. The van der Waals surface area contributed by atoms with Gasteiger partial charge in [-0.2, -0.15) is 0 Å². The number of aromatic carboxylic acids is 2. The van der Waals surface area contributed by atoms with Crippen LogP contribution in [0.4, 0.5) is 5.82 Å². The molecule has 10 heteroatoms. The van der Waals surface area contributed by atoms with E-state index >= 15 is 0 Å². The molecule has 1 heterocycles. The van der Waals surface area contributed by atoms with Gasteiger partial charge >= 0.3 is 11.9 Å². The second kappa shape index (κ2) is 7.28. The maximum atomic E-state index is 12.1. The monoisotopic (exact) mass is 474 g/mol. The van der Waals surface area contributed by atoms with E-state index in [0.29, 0.717) is 8.95 Å². The SMILES string of the molecule is CCOc1c(Br)cc(Br)cc1-c1c(C(=O)O)c(N)[nH]c(=O)c1C(=O)O. The van der Waals surface area contributed by atoms with Crippen LogP contribution >= 0.6 is 31.9 Å². The van der Waals surface area contributed by atoms with Crippen molar-refractivity contribution in [2.24, 2.45) is 0 Å². The van der Waals surface area contributed by atoms with Crippen molar-refractivity contribution in [1.29, 1.82) is 0 Å². The van der Waals surface area contributed by atoms with Gasteiger partial charge in [0.1, 0.15) is 22.7 Å². The number of H-pyrrole nitrogens is 1. The lowest BCUT2D eigenvalue weighted by Gasteiger charge is -2.17. The molecule has 2 rings (SSSR count). The topological polar surface area (TPSA) is 143 Å². The molecule has 0 amide bonds. The zero-order valence-corrected chi connectivity index (χ0v) is 15.9. The molecule has 0 fully saturated rings. The van der Waals surface area contributed by atoms with Crippen LogP contribution in [0.15, 0.2) is 25.9 Å². The number of nitrogen functional groups attached to an aromatic ring is 1. The summed E-state index contributed by atoms with van der Waals surface area (Å²) in [6.45, 7) is 1.94. The number of aromatic nitrogens is 1. The number of hydrogen-bond acceptors (Lipinski definition) is 5. The first kappa shape index (κ1) is 19.0. The summed E-state index contributed by atoms with van der Waals surface area (Å²) < 4.78 is 6.49. The van der Waals surface area contributed by atoms with Crippen LogP contribution in [-0.4, -0.2) is 33.7 Å². The van der Waals surface area contributed by atoms with Crippen molar-refractivity contribution in [3.05, 3.63) is 42.6 Å². The fourth-order valence-corrected chi connectivity index (χ4v) is 3.69. The summed E-state index contributed by atoms with van der Waals surface area (Å²) in [5, 5.41) is 19.0. The van der Waals surface area contributed by atoms with Gasteiger partial charge in [0.05, 0.1) is 11.1 Å². The van der Waals surface area contributed by atoms with Crippen LogP contribution in [0.3, 0.4) is 0 Å².